The summed E-state index contributed by atoms with van der Waals surface area (Å²) < 4.78 is 0. The van der Waals surface area contributed by atoms with Crippen molar-refractivity contribution in [3.63, 3.8) is 0 Å². The highest BCUT2D eigenvalue weighted by molar-refractivity contribution is 7.11. The molecular weight excluding hydrogens is 240 g/mol. The molecule has 3 heteroatoms. The third-order valence-corrected chi connectivity index (χ3v) is 5.45. The molecular formula is C15H24N2S. The Morgan fingerprint density at radius 3 is 2.72 bits per heavy atom. The van der Waals surface area contributed by atoms with Crippen LogP contribution in [0.3, 0.4) is 0 Å². The number of thiazole rings is 1. The third-order valence-electron chi connectivity index (χ3n) is 4.33. The topological polar surface area (TPSA) is 24.9 Å². The lowest BCUT2D eigenvalue weighted by Crippen LogP contribution is -2.26. The van der Waals surface area contributed by atoms with E-state index in [1.165, 1.54) is 42.8 Å². The normalized spacial score (nSPS) is 24.1. The molecule has 0 bridgehead atoms. The van der Waals surface area contributed by atoms with E-state index in [0.29, 0.717) is 5.41 Å². The van der Waals surface area contributed by atoms with Gasteiger partial charge < -0.3 is 5.32 Å². The quantitative estimate of drug-likeness (QED) is 0.903. The average Bonchev–Trinajstić information content (AvgIpc) is 3.03. The zero-order valence-electron chi connectivity index (χ0n) is 11.8. The van der Waals surface area contributed by atoms with Crippen molar-refractivity contribution in [2.45, 2.75) is 65.5 Å². The highest BCUT2D eigenvalue weighted by Gasteiger charge is 2.30. The summed E-state index contributed by atoms with van der Waals surface area (Å²) in [5.41, 5.74) is 1.83. The van der Waals surface area contributed by atoms with Crippen molar-refractivity contribution in [2.75, 3.05) is 0 Å². The molecule has 1 heterocycles. The van der Waals surface area contributed by atoms with E-state index in [-0.39, 0.29) is 0 Å². The summed E-state index contributed by atoms with van der Waals surface area (Å²) in [5.74, 6) is 0.828. The number of hydrogen-bond acceptors (Lipinski definition) is 3. The molecule has 1 N–H and O–H groups in total. The lowest BCUT2D eigenvalue weighted by Gasteiger charge is -2.33. The van der Waals surface area contributed by atoms with Gasteiger partial charge in [0.15, 0.2) is 0 Å². The number of nitrogens with one attached hydrogen (secondary N) is 1. The molecule has 0 amide bonds. The van der Waals surface area contributed by atoms with Gasteiger partial charge in [-0.25, -0.2) is 4.98 Å². The van der Waals surface area contributed by atoms with E-state index in [1.807, 2.05) is 11.3 Å². The second-order valence-corrected chi connectivity index (χ2v) is 8.11. The summed E-state index contributed by atoms with van der Waals surface area (Å²) in [6, 6.07) is 0.785. The Labute approximate surface area is 114 Å². The minimum atomic E-state index is 0.439. The lowest BCUT2D eigenvalue weighted by atomic mass is 9.73. The van der Waals surface area contributed by atoms with Crippen molar-refractivity contribution >= 4 is 11.3 Å². The number of hydrogen-bond donors (Lipinski definition) is 1. The molecule has 2 aliphatic carbocycles. The van der Waals surface area contributed by atoms with Gasteiger partial charge >= 0.3 is 0 Å². The van der Waals surface area contributed by atoms with Gasteiger partial charge in [-0.05, 0) is 43.4 Å². The maximum atomic E-state index is 4.82. The maximum Gasteiger partial charge on any atom is 0.107 e. The molecule has 1 saturated carbocycles. The summed E-state index contributed by atoms with van der Waals surface area (Å²) in [5, 5.41) is 4.88. The number of nitrogens with zero attached hydrogens (tertiary/aromatic N) is 1. The fourth-order valence-electron chi connectivity index (χ4n) is 2.76. The summed E-state index contributed by atoms with van der Waals surface area (Å²) >= 11 is 1.95. The molecule has 1 fully saturated rings. The van der Waals surface area contributed by atoms with Crippen LogP contribution in [0.15, 0.2) is 0 Å². The van der Waals surface area contributed by atoms with Gasteiger partial charge in [-0.3, -0.25) is 0 Å². The van der Waals surface area contributed by atoms with E-state index in [1.54, 1.807) is 4.88 Å². The Morgan fingerprint density at radius 2 is 2.06 bits per heavy atom. The molecule has 3 rings (SSSR count). The summed E-state index contributed by atoms with van der Waals surface area (Å²) in [7, 11) is 0. The summed E-state index contributed by atoms with van der Waals surface area (Å²) in [6.07, 6.45) is 6.47. The number of aromatic nitrogens is 1. The highest BCUT2D eigenvalue weighted by atomic mass is 32.1. The summed E-state index contributed by atoms with van der Waals surface area (Å²) in [6.45, 7) is 8.11. The van der Waals surface area contributed by atoms with Crippen molar-refractivity contribution in [3.8, 4) is 0 Å². The molecule has 2 aliphatic rings. The third kappa shape index (κ3) is 2.77. The Kier molecular flexibility index (Phi) is 3.23. The molecule has 2 nitrogen and oxygen atoms in total. The molecule has 0 aromatic carbocycles. The van der Waals surface area contributed by atoms with Crippen molar-refractivity contribution in [2.24, 2.45) is 11.3 Å². The molecule has 0 aliphatic heterocycles. The second kappa shape index (κ2) is 4.61. The minimum absolute atomic E-state index is 0.439. The van der Waals surface area contributed by atoms with Crippen LogP contribution >= 0.6 is 11.3 Å². The maximum absolute atomic E-state index is 4.82. The van der Waals surface area contributed by atoms with Gasteiger partial charge in [0, 0.05) is 17.5 Å². The van der Waals surface area contributed by atoms with E-state index >= 15 is 0 Å². The number of aryl methyl sites for hydroxylation is 1. The average molecular weight is 264 g/mol. The van der Waals surface area contributed by atoms with Crippen LogP contribution in [0, 0.1) is 11.3 Å². The molecule has 0 spiro atoms. The highest BCUT2D eigenvalue weighted by Crippen LogP contribution is 2.39. The zero-order chi connectivity index (χ0) is 12.8. The molecule has 1 aromatic rings. The van der Waals surface area contributed by atoms with E-state index in [9.17, 15) is 0 Å². The smallest absolute Gasteiger partial charge is 0.107 e. The fourth-order valence-corrected chi connectivity index (χ4v) is 3.91. The Bertz CT molecular complexity index is 426. The van der Waals surface area contributed by atoms with Crippen molar-refractivity contribution in [1.29, 1.82) is 0 Å². The molecule has 1 unspecified atom stereocenters. The van der Waals surface area contributed by atoms with E-state index in [4.69, 9.17) is 4.98 Å². The first-order valence-corrected chi connectivity index (χ1v) is 8.05. The second-order valence-electron chi connectivity index (χ2n) is 6.94. The first-order chi connectivity index (χ1) is 8.52. The fraction of sp³-hybridized carbons (Fsp3) is 0.800. The molecule has 1 atom stereocenters. The molecule has 0 saturated heterocycles. The van der Waals surface area contributed by atoms with Crippen LogP contribution in [0.25, 0.3) is 0 Å². The van der Waals surface area contributed by atoms with Crippen molar-refractivity contribution in [1.82, 2.24) is 10.3 Å². The predicted molar refractivity (Wildman–Crippen MR) is 76.9 cm³/mol. The largest absolute Gasteiger partial charge is 0.308 e. The van der Waals surface area contributed by atoms with Gasteiger partial charge in [-0.2, -0.15) is 0 Å². The molecule has 18 heavy (non-hydrogen) atoms. The van der Waals surface area contributed by atoms with Gasteiger partial charge in [-0.1, -0.05) is 20.8 Å². The van der Waals surface area contributed by atoms with Crippen molar-refractivity contribution < 1.29 is 0 Å². The van der Waals surface area contributed by atoms with Crippen molar-refractivity contribution in [3.05, 3.63) is 15.6 Å². The van der Waals surface area contributed by atoms with Gasteiger partial charge in [0.05, 0.1) is 5.69 Å². The van der Waals surface area contributed by atoms with Gasteiger partial charge in [0.1, 0.15) is 5.01 Å². The summed E-state index contributed by atoms with van der Waals surface area (Å²) in [4.78, 5) is 6.39. The molecule has 1 aromatic heterocycles. The van der Waals surface area contributed by atoms with Crippen LogP contribution in [-0.2, 0) is 19.4 Å². The molecule has 0 radical (unpaired) electrons. The number of rotatable bonds is 3. The van der Waals surface area contributed by atoms with E-state index in [2.05, 4.69) is 26.1 Å². The van der Waals surface area contributed by atoms with Crippen LogP contribution < -0.4 is 5.32 Å². The van der Waals surface area contributed by atoms with Gasteiger partial charge in [-0.15, -0.1) is 11.3 Å². The van der Waals surface area contributed by atoms with E-state index in [0.717, 1.165) is 18.5 Å². The first-order valence-electron chi connectivity index (χ1n) is 7.23. The minimum Gasteiger partial charge on any atom is -0.308 e. The standard InChI is InChI=1S/C15H24N2S/c1-15(2,3)10-4-7-12-13(8-10)18-14(17-12)9-16-11-5-6-11/h10-11,16H,4-9H2,1-3H3. The van der Waals surface area contributed by atoms with Crippen LogP contribution in [0.4, 0.5) is 0 Å². The number of fused-ring (bicyclic) bond motifs is 1. The van der Waals surface area contributed by atoms with E-state index < -0.39 is 0 Å². The van der Waals surface area contributed by atoms with Crippen LogP contribution in [-0.4, -0.2) is 11.0 Å². The Morgan fingerprint density at radius 1 is 1.28 bits per heavy atom. The van der Waals surface area contributed by atoms with Crippen LogP contribution in [0.2, 0.25) is 0 Å². The Hall–Kier alpha value is -0.410. The monoisotopic (exact) mass is 264 g/mol. The Balaban J connectivity index is 1.67. The zero-order valence-corrected chi connectivity index (χ0v) is 12.6. The SMILES string of the molecule is CC(C)(C)C1CCc2nc(CNC3CC3)sc2C1. The molecule has 100 valence electrons. The van der Waals surface area contributed by atoms with Crippen LogP contribution in [0.1, 0.15) is 55.6 Å². The van der Waals surface area contributed by atoms with Gasteiger partial charge in [0.2, 0.25) is 0 Å². The van der Waals surface area contributed by atoms with Crippen LogP contribution in [0.5, 0.6) is 0 Å². The first kappa shape index (κ1) is 12.6. The van der Waals surface area contributed by atoms with Gasteiger partial charge in [0.25, 0.3) is 0 Å². The lowest BCUT2D eigenvalue weighted by molar-refractivity contribution is 0.217. The predicted octanol–water partition coefficient (Wildman–Crippen LogP) is 3.55.